The minimum Gasteiger partial charge on any atom is -0.353 e. The zero-order chi connectivity index (χ0) is 13.8. The molecule has 2 rings (SSSR count). The minimum atomic E-state index is 0.0444. The highest BCUT2D eigenvalue weighted by atomic mass is 35.5. The van der Waals surface area contributed by atoms with Crippen LogP contribution in [0, 0.1) is 5.92 Å². The van der Waals surface area contributed by atoms with E-state index in [1.165, 1.54) is 19.3 Å². The van der Waals surface area contributed by atoms with Crippen LogP contribution < -0.4 is 5.32 Å². The van der Waals surface area contributed by atoms with E-state index in [0.29, 0.717) is 28.4 Å². The van der Waals surface area contributed by atoms with E-state index in [-0.39, 0.29) is 5.91 Å². The average Bonchev–Trinajstić information content (AvgIpc) is 2.36. The van der Waals surface area contributed by atoms with Crippen molar-refractivity contribution < 1.29 is 4.79 Å². The van der Waals surface area contributed by atoms with E-state index in [2.05, 4.69) is 12.2 Å². The van der Waals surface area contributed by atoms with Gasteiger partial charge in [-0.25, -0.2) is 0 Å². The first kappa shape index (κ1) is 14.7. The molecule has 0 aliphatic heterocycles. The van der Waals surface area contributed by atoms with E-state index < -0.39 is 0 Å². The van der Waals surface area contributed by atoms with Gasteiger partial charge in [0.1, 0.15) is 0 Å². The molecule has 0 aromatic heterocycles. The Bertz CT molecular complexity index is 461. The topological polar surface area (TPSA) is 29.1 Å². The number of hydrogen-bond acceptors (Lipinski definition) is 1. The summed E-state index contributed by atoms with van der Waals surface area (Å²) in [5.74, 6) is 0.612. The number of amides is 1. The molecule has 19 heavy (non-hydrogen) atoms. The highest BCUT2D eigenvalue weighted by molar-refractivity contribution is 6.35. The van der Waals surface area contributed by atoms with Crippen LogP contribution in [0.1, 0.15) is 38.2 Å². The SMILES string of the molecule is C[C@@H]1CCCC[C@@H]1NC(=O)Cc1ccc(Cl)cc1Cl. The summed E-state index contributed by atoms with van der Waals surface area (Å²) in [5, 5.41) is 4.28. The fourth-order valence-electron chi connectivity index (χ4n) is 2.63. The Balaban J connectivity index is 1.93. The lowest BCUT2D eigenvalue weighted by Crippen LogP contribution is -2.41. The maximum absolute atomic E-state index is 12.1. The fourth-order valence-corrected chi connectivity index (χ4v) is 3.10. The van der Waals surface area contributed by atoms with E-state index in [0.717, 1.165) is 12.0 Å². The molecule has 0 radical (unpaired) electrons. The zero-order valence-electron chi connectivity index (χ0n) is 11.1. The summed E-state index contributed by atoms with van der Waals surface area (Å²) in [6.07, 6.45) is 5.08. The second-order valence-electron chi connectivity index (χ2n) is 5.35. The van der Waals surface area contributed by atoms with Gasteiger partial charge >= 0.3 is 0 Å². The molecule has 1 aliphatic carbocycles. The van der Waals surface area contributed by atoms with Gasteiger partial charge in [0.15, 0.2) is 0 Å². The van der Waals surface area contributed by atoms with Gasteiger partial charge in [-0.1, -0.05) is 49.0 Å². The van der Waals surface area contributed by atoms with Gasteiger partial charge in [0.25, 0.3) is 0 Å². The third-order valence-electron chi connectivity index (χ3n) is 3.82. The standard InChI is InChI=1S/C15H19Cl2NO/c1-10-4-2-3-5-14(10)18-15(19)8-11-6-7-12(16)9-13(11)17/h6-7,9-10,14H,2-5,8H2,1H3,(H,18,19)/t10-,14+/m1/s1. The van der Waals surface area contributed by atoms with Gasteiger partial charge in [-0.2, -0.15) is 0 Å². The quantitative estimate of drug-likeness (QED) is 0.889. The van der Waals surface area contributed by atoms with Crippen LogP contribution in [0.4, 0.5) is 0 Å². The number of benzene rings is 1. The van der Waals surface area contributed by atoms with Crippen LogP contribution in [0.25, 0.3) is 0 Å². The number of rotatable bonds is 3. The van der Waals surface area contributed by atoms with Crippen molar-refractivity contribution in [2.75, 3.05) is 0 Å². The first-order valence-electron chi connectivity index (χ1n) is 6.79. The zero-order valence-corrected chi connectivity index (χ0v) is 12.6. The van der Waals surface area contributed by atoms with Crippen LogP contribution in [-0.2, 0) is 11.2 Å². The molecule has 0 spiro atoms. The first-order valence-corrected chi connectivity index (χ1v) is 7.55. The van der Waals surface area contributed by atoms with E-state index in [1.54, 1.807) is 12.1 Å². The van der Waals surface area contributed by atoms with Gasteiger partial charge in [-0.3, -0.25) is 4.79 Å². The predicted octanol–water partition coefficient (Wildman–Crippen LogP) is 4.23. The molecule has 1 saturated carbocycles. The van der Waals surface area contributed by atoms with Crippen molar-refractivity contribution >= 4 is 29.1 Å². The van der Waals surface area contributed by atoms with E-state index in [1.807, 2.05) is 6.07 Å². The van der Waals surface area contributed by atoms with Crippen molar-refractivity contribution in [2.45, 2.75) is 45.1 Å². The Hall–Kier alpha value is -0.730. The summed E-state index contributed by atoms with van der Waals surface area (Å²) >= 11 is 11.9. The molecule has 1 N–H and O–H groups in total. The van der Waals surface area contributed by atoms with Crippen LogP contribution in [0.2, 0.25) is 10.0 Å². The molecule has 1 aliphatic rings. The summed E-state index contributed by atoms with van der Waals surface area (Å²) in [7, 11) is 0. The van der Waals surface area contributed by atoms with Gasteiger partial charge in [0, 0.05) is 16.1 Å². The second-order valence-corrected chi connectivity index (χ2v) is 6.19. The maximum atomic E-state index is 12.1. The summed E-state index contributed by atoms with van der Waals surface area (Å²) in [4.78, 5) is 12.1. The van der Waals surface area contributed by atoms with E-state index in [4.69, 9.17) is 23.2 Å². The number of hydrogen-bond donors (Lipinski definition) is 1. The maximum Gasteiger partial charge on any atom is 0.224 e. The van der Waals surface area contributed by atoms with E-state index >= 15 is 0 Å². The first-order chi connectivity index (χ1) is 9.06. The fraction of sp³-hybridized carbons (Fsp3) is 0.533. The lowest BCUT2D eigenvalue weighted by Gasteiger charge is -2.29. The lowest BCUT2D eigenvalue weighted by molar-refractivity contribution is -0.121. The van der Waals surface area contributed by atoms with Crippen molar-refractivity contribution in [3.05, 3.63) is 33.8 Å². The number of carbonyl (C=O) groups excluding carboxylic acids is 1. The van der Waals surface area contributed by atoms with Crippen LogP contribution >= 0.6 is 23.2 Å². The Labute approximate surface area is 124 Å². The van der Waals surface area contributed by atoms with Gasteiger partial charge in [0.05, 0.1) is 6.42 Å². The van der Waals surface area contributed by atoms with Crippen molar-refractivity contribution in [1.29, 1.82) is 0 Å². The molecule has 1 fully saturated rings. The average molecular weight is 300 g/mol. The highest BCUT2D eigenvalue weighted by Crippen LogP contribution is 2.24. The third-order valence-corrected chi connectivity index (χ3v) is 4.41. The molecule has 1 aromatic rings. The molecule has 2 nitrogen and oxygen atoms in total. The lowest BCUT2D eigenvalue weighted by atomic mass is 9.86. The second kappa shape index (κ2) is 6.62. The van der Waals surface area contributed by atoms with Crippen molar-refractivity contribution in [3.8, 4) is 0 Å². The molecular formula is C15H19Cl2NO. The molecule has 0 heterocycles. The van der Waals surface area contributed by atoms with Crippen LogP contribution in [0.3, 0.4) is 0 Å². The Morgan fingerprint density at radius 2 is 2.05 bits per heavy atom. The molecule has 0 unspecified atom stereocenters. The van der Waals surface area contributed by atoms with Gasteiger partial charge in [-0.05, 0) is 36.5 Å². The minimum absolute atomic E-state index is 0.0444. The summed E-state index contributed by atoms with van der Waals surface area (Å²) in [6.45, 7) is 2.21. The molecule has 1 amide bonds. The van der Waals surface area contributed by atoms with Gasteiger partial charge in [-0.15, -0.1) is 0 Å². The third kappa shape index (κ3) is 4.12. The van der Waals surface area contributed by atoms with Crippen LogP contribution in [-0.4, -0.2) is 11.9 Å². The number of halogens is 2. The van der Waals surface area contributed by atoms with E-state index in [9.17, 15) is 4.79 Å². The smallest absolute Gasteiger partial charge is 0.224 e. The Morgan fingerprint density at radius 1 is 1.32 bits per heavy atom. The van der Waals surface area contributed by atoms with Gasteiger partial charge < -0.3 is 5.32 Å². The Morgan fingerprint density at radius 3 is 2.74 bits per heavy atom. The molecule has 1 aromatic carbocycles. The summed E-state index contributed by atoms with van der Waals surface area (Å²) < 4.78 is 0. The number of nitrogens with one attached hydrogen (secondary N) is 1. The van der Waals surface area contributed by atoms with Crippen LogP contribution in [0.5, 0.6) is 0 Å². The highest BCUT2D eigenvalue weighted by Gasteiger charge is 2.22. The monoisotopic (exact) mass is 299 g/mol. The Kier molecular flexibility index (Phi) is 5.12. The van der Waals surface area contributed by atoms with Crippen LogP contribution in [0.15, 0.2) is 18.2 Å². The van der Waals surface area contributed by atoms with Crippen molar-refractivity contribution in [2.24, 2.45) is 5.92 Å². The molecule has 0 bridgehead atoms. The largest absolute Gasteiger partial charge is 0.353 e. The molecular weight excluding hydrogens is 281 g/mol. The molecule has 104 valence electrons. The predicted molar refractivity (Wildman–Crippen MR) is 79.7 cm³/mol. The molecule has 4 heteroatoms. The summed E-state index contributed by atoms with van der Waals surface area (Å²) in [6, 6.07) is 5.57. The summed E-state index contributed by atoms with van der Waals surface area (Å²) in [5.41, 5.74) is 0.826. The molecule has 2 atom stereocenters. The van der Waals surface area contributed by atoms with Gasteiger partial charge in [0.2, 0.25) is 5.91 Å². The van der Waals surface area contributed by atoms with Crippen molar-refractivity contribution in [3.63, 3.8) is 0 Å². The number of carbonyl (C=O) groups is 1. The normalized spacial score (nSPS) is 23.1. The van der Waals surface area contributed by atoms with Crippen molar-refractivity contribution in [1.82, 2.24) is 5.32 Å². The molecule has 0 saturated heterocycles.